The van der Waals surface area contributed by atoms with Crippen LogP contribution in [-0.4, -0.2) is 35.2 Å². The van der Waals surface area contributed by atoms with Crippen molar-refractivity contribution in [3.63, 3.8) is 0 Å². The fraction of sp³-hybridized carbons (Fsp3) is 0.636. The van der Waals surface area contributed by atoms with Gasteiger partial charge in [0.1, 0.15) is 5.92 Å². The van der Waals surface area contributed by atoms with Crippen LogP contribution in [0, 0.1) is 11.8 Å². The van der Waals surface area contributed by atoms with Crippen molar-refractivity contribution in [2.75, 3.05) is 0 Å². The summed E-state index contributed by atoms with van der Waals surface area (Å²) in [6, 6.07) is 0.00468. The van der Waals surface area contributed by atoms with E-state index >= 15 is 0 Å². The summed E-state index contributed by atoms with van der Waals surface area (Å²) < 4.78 is 5.41. The summed E-state index contributed by atoms with van der Waals surface area (Å²) in [6.07, 6.45) is 2.66. The summed E-state index contributed by atoms with van der Waals surface area (Å²) in [5.74, 6) is -2.57. The number of carbonyl (C=O) groups is 2. The number of hydrogen-bond donors (Lipinski definition) is 2. The molecule has 0 aromatic heterocycles. The van der Waals surface area contributed by atoms with Gasteiger partial charge in [-0.05, 0) is 13.8 Å². The molecule has 2 rings (SSSR count). The van der Waals surface area contributed by atoms with Crippen LogP contribution in [0.4, 0.5) is 0 Å². The Kier molecular flexibility index (Phi) is 2.71. The van der Waals surface area contributed by atoms with E-state index in [0.717, 1.165) is 0 Å². The number of fused-ring (bicyclic) bond motifs is 2. The number of carbonyl (C=O) groups excluding carboxylic acids is 1. The number of aliphatic carboxylic acids is 1. The third kappa shape index (κ3) is 1.71. The minimum Gasteiger partial charge on any atom is -0.481 e. The van der Waals surface area contributed by atoms with Crippen LogP contribution >= 0.6 is 0 Å². The molecular formula is C11H15NO4. The summed E-state index contributed by atoms with van der Waals surface area (Å²) in [4.78, 5) is 23.0. The Balaban J connectivity index is 2.16. The molecule has 2 aliphatic rings. The molecule has 2 bridgehead atoms. The molecule has 5 nitrogen and oxygen atoms in total. The van der Waals surface area contributed by atoms with Crippen LogP contribution in [-0.2, 0) is 14.3 Å². The van der Waals surface area contributed by atoms with Gasteiger partial charge in [-0.1, -0.05) is 12.2 Å². The molecule has 88 valence electrons. The van der Waals surface area contributed by atoms with Crippen molar-refractivity contribution >= 4 is 11.9 Å². The summed E-state index contributed by atoms with van der Waals surface area (Å²) in [5, 5.41) is 11.8. The smallest absolute Gasteiger partial charge is 0.310 e. The largest absolute Gasteiger partial charge is 0.481 e. The van der Waals surface area contributed by atoms with Crippen LogP contribution in [0.1, 0.15) is 13.8 Å². The Labute approximate surface area is 93.5 Å². The number of hydrogen-bond acceptors (Lipinski definition) is 3. The van der Waals surface area contributed by atoms with Crippen molar-refractivity contribution in [1.29, 1.82) is 0 Å². The van der Waals surface area contributed by atoms with Gasteiger partial charge < -0.3 is 15.2 Å². The van der Waals surface area contributed by atoms with E-state index in [4.69, 9.17) is 9.84 Å². The van der Waals surface area contributed by atoms with Crippen molar-refractivity contribution in [1.82, 2.24) is 5.32 Å². The molecule has 2 heterocycles. The predicted octanol–water partition coefficient (Wildman–Crippen LogP) is 0.165. The third-order valence-electron chi connectivity index (χ3n) is 2.92. The summed E-state index contributed by atoms with van der Waals surface area (Å²) >= 11 is 0. The standard InChI is InChI=1S/C11H15NO4/c1-5(2)12-10(13)8-6-3-4-7(16-6)9(8)11(14)15/h3-9H,1-2H3,(H,12,13)(H,14,15)/t6-,7+,8+,9+/m1/s1. The van der Waals surface area contributed by atoms with Crippen LogP contribution in [0.15, 0.2) is 12.2 Å². The summed E-state index contributed by atoms with van der Waals surface area (Å²) in [7, 11) is 0. The third-order valence-corrected chi connectivity index (χ3v) is 2.92. The van der Waals surface area contributed by atoms with Gasteiger partial charge in [-0.15, -0.1) is 0 Å². The fourth-order valence-electron chi connectivity index (χ4n) is 2.30. The maximum Gasteiger partial charge on any atom is 0.310 e. The monoisotopic (exact) mass is 225 g/mol. The lowest BCUT2D eigenvalue weighted by atomic mass is 9.82. The first-order valence-electron chi connectivity index (χ1n) is 5.37. The van der Waals surface area contributed by atoms with Gasteiger partial charge in [0.05, 0.1) is 18.1 Å². The highest BCUT2D eigenvalue weighted by atomic mass is 16.5. The lowest BCUT2D eigenvalue weighted by molar-refractivity contribution is -0.146. The molecule has 4 atom stereocenters. The molecule has 2 aliphatic heterocycles. The molecule has 0 unspecified atom stereocenters. The van der Waals surface area contributed by atoms with Crippen molar-refractivity contribution in [3.05, 3.63) is 12.2 Å². The number of nitrogens with one attached hydrogen (secondary N) is 1. The maximum atomic E-state index is 11.9. The SMILES string of the molecule is CC(C)NC(=O)[C@@H]1[C@@H](C(=O)O)[C@@H]2C=C[C@H]1O2. The Morgan fingerprint density at radius 3 is 2.31 bits per heavy atom. The molecule has 0 aromatic rings. The van der Waals surface area contributed by atoms with Crippen molar-refractivity contribution < 1.29 is 19.4 Å². The number of ether oxygens (including phenoxy) is 1. The van der Waals surface area contributed by atoms with E-state index in [2.05, 4.69) is 5.32 Å². The second-order valence-corrected chi connectivity index (χ2v) is 4.50. The number of rotatable bonds is 3. The minimum absolute atomic E-state index is 0.00468. The number of carboxylic acids is 1. The number of carboxylic acid groups (broad SMARTS) is 1. The van der Waals surface area contributed by atoms with Crippen LogP contribution in [0.5, 0.6) is 0 Å². The normalized spacial score (nSPS) is 35.7. The molecule has 16 heavy (non-hydrogen) atoms. The van der Waals surface area contributed by atoms with Crippen LogP contribution in [0.2, 0.25) is 0 Å². The molecule has 1 saturated heterocycles. The second kappa shape index (κ2) is 3.90. The summed E-state index contributed by atoms with van der Waals surface area (Å²) in [5.41, 5.74) is 0. The Hall–Kier alpha value is -1.36. The van der Waals surface area contributed by atoms with Crippen molar-refractivity contribution in [2.45, 2.75) is 32.1 Å². The average Bonchev–Trinajstić information content (AvgIpc) is 2.74. The molecule has 1 amide bonds. The molecule has 1 fully saturated rings. The van der Waals surface area contributed by atoms with Crippen molar-refractivity contribution in [2.24, 2.45) is 11.8 Å². The zero-order valence-electron chi connectivity index (χ0n) is 9.21. The lowest BCUT2D eigenvalue weighted by Crippen LogP contribution is -2.44. The van der Waals surface area contributed by atoms with Gasteiger partial charge in [-0.3, -0.25) is 9.59 Å². The van der Waals surface area contributed by atoms with E-state index in [-0.39, 0.29) is 18.1 Å². The first-order chi connectivity index (χ1) is 7.50. The van der Waals surface area contributed by atoms with Crippen LogP contribution in [0.25, 0.3) is 0 Å². The van der Waals surface area contributed by atoms with E-state index in [1.807, 2.05) is 13.8 Å². The van der Waals surface area contributed by atoms with E-state index < -0.39 is 23.9 Å². The molecule has 0 spiro atoms. The first-order valence-corrected chi connectivity index (χ1v) is 5.37. The zero-order chi connectivity index (χ0) is 11.9. The van der Waals surface area contributed by atoms with E-state index in [0.29, 0.717) is 0 Å². The lowest BCUT2D eigenvalue weighted by Gasteiger charge is -2.22. The fourth-order valence-corrected chi connectivity index (χ4v) is 2.30. The van der Waals surface area contributed by atoms with Gasteiger partial charge in [0.15, 0.2) is 0 Å². The second-order valence-electron chi connectivity index (χ2n) is 4.50. The first kappa shape index (κ1) is 11.1. The molecule has 5 heteroatoms. The average molecular weight is 225 g/mol. The molecule has 0 radical (unpaired) electrons. The van der Waals surface area contributed by atoms with Gasteiger partial charge in [0.2, 0.25) is 5.91 Å². The molecule has 0 saturated carbocycles. The van der Waals surface area contributed by atoms with Gasteiger partial charge in [0, 0.05) is 6.04 Å². The summed E-state index contributed by atoms with van der Waals surface area (Å²) in [6.45, 7) is 3.69. The van der Waals surface area contributed by atoms with Crippen molar-refractivity contribution in [3.8, 4) is 0 Å². The minimum atomic E-state index is -0.972. The highest BCUT2D eigenvalue weighted by Crippen LogP contribution is 2.39. The maximum absolute atomic E-state index is 11.9. The topological polar surface area (TPSA) is 75.6 Å². The van der Waals surface area contributed by atoms with Gasteiger partial charge >= 0.3 is 5.97 Å². The van der Waals surface area contributed by atoms with E-state index in [1.165, 1.54) is 0 Å². The quantitative estimate of drug-likeness (QED) is 0.671. The zero-order valence-corrected chi connectivity index (χ0v) is 9.21. The number of amides is 1. The van der Waals surface area contributed by atoms with Gasteiger partial charge in [-0.25, -0.2) is 0 Å². The van der Waals surface area contributed by atoms with Gasteiger partial charge in [0.25, 0.3) is 0 Å². The Morgan fingerprint density at radius 1 is 1.25 bits per heavy atom. The van der Waals surface area contributed by atoms with E-state index in [9.17, 15) is 9.59 Å². The van der Waals surface area contributed by atoms with Crippen LogP contribution < -0.4 is 5.32 Å². The Bertz CT molecular complexity index is 350. The molecule has 0 aromatic carbocycles. The highest BCUT2D eigenvalue weighted by molar-refractivity contribution is 5.87. The van der Waals surface area contributed by atoms with Crippen LogP contribution in [0.3, 0.4) is 0 Å². The van der Waals surface area contributed by atoms with E-state index in [1.54, 1.807) is 12.2 Å². The van der Waals surface area contributed by atoms with Gasteiger partial charge in [-0.2, -0.15) is 0 Å². The molecule has 0 aliphatic carbocycles. The molecule has 2 N–H and O–H groups in total. The Morgan fingerprint density at radius 2 is 1.81 bits per heavy atom. The molecular weight excluding hydrogens is 210 g/mol. The highest BCUT2D eigenvalue weighted by Gasteiger charge is 2.53. The predicted molar refractivity (Wildman–Crippen MR) is 55.7 cm³/mol.